The van der Waals surface area contributed by atoms with Crippen molar-refractivity contribution in [3.05, 3.63) is 170 Å². The predicted octanol–water partition coefficient (Wildman–Crippen LogP) is 10.2. The Kier molecular flexibility index (Phi) is 6.91. The van der Waals surface area contributed by atoms with E-state index in [2.05, 4.69) is 133 Å². The number of fused-ring (bicyclic) bond motifs is 10. The predicted molar refractivity (Wildman–Crippen MR) is 202 cm³/mol. The minimum absolute atomic E-state index is 0. The van der Waals surface area contributed by atoms with E-state index >= 15 is 0 Å². The van der Waals surface area contributed by atoms with Gasteiger partial charge in [0.15, 0.2) is 0 Å². The van der Waals surface area contributed by atoms with Crippen LogP contribution in [0.1, 0.15) is 0 Å². The van der Waals surface area contributed by atoms with E-state index in [1.807, 2.05) is 54.6 Å². The van der Waals surface area contributed by atoms with Crippen molar-refractivity contribution in [3.63, 3.8) is 0 Å². The Bertz CT molecular complexity index is 3130. The Morgan fingerprint density at radius 1 is 0.404 bits per heavy atom. The summed E-state index contributed by atoms with van der Waals surface area (Å²) in [5, 5.41) is 0. The molecule has 0 radical (unpaired) electrons. The summed E-state index contributed by atoms with van der Waals surface area (Å²) in [5.74, 6) is 2.78. The summed E-state index contributed by atoms with van der Waals surface area (Å²) in [7, 11) is 0. The molecule has 0 fully saturated rings. The third-order valence-electron chi connectivity index (χ3n) is 9.61. The topological polar surface area (TPSA) is 53.7 Å². The van der Waals surface area contributed by atoms with E-state index < -0.39 is 0 Å². The van der Waals surface area contributed by atoms with E-state index in [9.17, 15) is 0 Å². The van der Waals surface area contributed by atoms with Crippen LogP contribution in [-0.4, -0.2) is 27.9 Å². The fraction of sp³-hybridized carbons (Fsp3) is 0. The van der Waals surface area contributed by atoms with Crippen LogP contribution in [0.4, 0.5) is 0 Å². The van der Waals surface area contributed by atoms with E-state index in [1.54, 1.807) is 0 Å². The number of nitrogens with zero attached hydrogens (tertiary/aromatic N) is 6. The first-order chi connectivity index (χ1) is 25.3. The van der Waals surface area contributed by atoms with Crippen LogP contribution in [-0.2, 0) is 21.1 Å². The number of ether oxygens (including phenoxy) is 1. The number of rotatable bonds is 5. The number of imidazole rings is 4. The molecule has 0 aliphatic rings. The maximum absolute atomic E-state index is 6.69. The molecule has 52 heavy (non-hydrogen) atoms. The molecule has 7 aromatic carbocycles. The number of hydrogen-bond donors (Lipinski definition) is 0. The van der Waals surface area contributed by atoms with Crippen LogP contribution < -0.4 is 4.74 Å². The van der Waals surface area contributed by atoms with Gasteiger partial charge in [0.1, 0.15) is 0 Å². The van der Waals surface area contributed by atoms with Gasteiger partial charge in [-0.05, 0) is 54.1 Å². The van der Waals surface area contributed by atoms with Crippen LogP contribution in [0.15, 0.2) is 158 Å². The third kappa shape index (κ3) is 4.56. The molecule has 4 aromatic heterocycles. The Morgan fingerprint density at radius 2 is 0.904 bits per heavy atom. The molecule has 0 amide bonds. The number of para-hydroxylation sites is 8. The second-order valence-corrected chi connectivity index (χ2v) is 12.6. The molecular weight excluding hydrogens is 824 g/mol. The zero-order chi connectivity index (χ0) is 33.5. The van der Waals surface area contributed by atoms with Crippen molar-refractivity contribution in [3.8, 4) is 34.0 Å². The van der Waals surface area contributed by atoms with Gasteiger partial charge >= 0.3 is 21.1 Å². The summed E-state index contributed by atoms with van der Waals surface area (Å²) < 4.78 is 15.4. The molecule has 0 bridgehead atoms. The van der Waals surface area contributed by atoms with Gasteiger partial charge < -0.3 is 13.9 Å². The molecule has 248 valence electrons. The Morgan fingerprint density at radius 3 is 1.52 bits per heavy atom. The van der Waals surface area contributed by atoms with Crippen molar-refractivity contribution in [1.29, 1.82) is 0 Å². The minimum Gasteiger partial charge on any atom is -0.509 e. The maximum atomic E-state index is 6.69. The second kappa shape index (κ2) is 11.8. The molecule has 0 saturated heterocycles. The van der Waals surface area contributed by atoms with Gasteiger partial charge in [0.25, 0.3) is 0 Å². The molecular formula is C44H26N6OPt. The fourth-order valence-corrected chi connectivity index (χ4v) is 7.42. The second-order valence-electron chi connectivity index (χ2n) is 12.6. The summed E-state index contributed by atoms with van der Waals surface area (Å²) in [4.78, 5) is 10.1. The van der Waals surface area contributed by atoms with E-state index in [4.69, 9.17) is 14.7 Å². The van der Waals surface area contributed by atoms with Gasteiger partial charge in [0, 0.05) is 11.5 Å². The Labute approximate surface area is 311 Å². The molecule has 8 heteroatoms. The van der Waals surface area contributed by atoms with E-state index in [1.165, 1.54) is 0 Å². The van der Waals surface area contributed by atoms with Gasteiger partial charge in [0.2, 0.25) is 11.6 Å². The Balaban J connectivity index is 0.00000338. The smallest absolute Gasteiger partial charge is 0.509 e. The first-order valence-corrected chi connectivity index (χ1v) is 16.9. The molecule has 0 spiro atoms. The third-order valence-corrected chi connectivity index (χ3v) is 9.61. The van der Waals surface area contributed by atoms with Crippen molar-refractivity contribution in [2.75, 3.05) is 0 Å². The fourth-order valence-electron chi connectivity index (χ4n) is 7.42. The van der Waals surface area contributed by atoms with Crippen LogP contribution >= 0.6 is 0 Å². The average molecular weight is 850 g/mol. The molecule has 11 rings (SSSR count). The summed E-state index contributed by atoms with van der Waals surface area (Å²) in [6.07, 6.45) is 0. The standard InChI is InChI=1S/C44H26N6O.Pt/c1-2-13-29(14-3-1)30-25-32(48-40-22-9-11-24-42(40)50-38-20-7-5-18-36(38)46-44(48)50)28-34(26-30)51-33-16-12-15-31(27-33)47-39-21-8-10-23-41(39)49-37-19-6-4-17-35(37)45-43(47)49;/h1-26H;/q-2;+2. The molecule has 11 aromatic rings. The summed E-state index contributed by atoms with van der Waals surface area (Å²) in [6.45, 7) is 0. The quantitative estimate of drug-likeness (QED) is 0.162. The average Bonchev–Trinajstić information content (AvgIpc) is 3.91. The normalized spacial score (nSPS) is 11.7. The molecule has 4 heterocycles. The molecule has 0 unspecified atom stereocenters. The van der Waals surface area contributed by atoms with Crippen LogP contribution in [0, 0.1) is 12.1 Å². The van der Waals surface area contributed by atoms with Crippen LogP contribution in [0.5, 0.6) is 11.5 Å². The van der Waals surface area contributed by atoms with Crippen LogP contribution in [0.2, 0.25) is 0 Å². The van der Waals surface area contributed by atoms with E-state index in [0.717, 1.165) is 78.2 Å². The van der Waals surface area contributed by atoms with Crippen molar-refractivity contribution in [1.82, 2.24) is 27.9 Å². The SMILES string of the molecule is [Pt+2].[c-]1c(Oc2[c-]c(-n3c4ccccc4n4c5ccccc5nc34)cc(-c3ccccc3)c2)cccc1-n1c2ccccc2n2c3ccccc3nc12. The van der Waals surface area contributed by atoms with E-state index in [0.29, 0.717) is 11.5 Å². The van der Waals surface area contributed by atoms with Gasteiger partial charge in [-0.3, -0.25) is 8.80 Å². The van der Waals surface area contributed by atoms with Gasteiger partial charge in [0.05, 0.1) is 44.1 Å². The monoisotopic (exact) mass is 849 g/mol. The molecule has 0 aliphatic carbocycles. The molecule has 0 N–H and O–H groups in total. The largest absolute Gasteiger partial charge is 2.00 e. The summed E-state index contributed by atoms with van der Waals surface area (Å²) in [6, 6.07) is 60.9. The summed E-state index contributed by atoms with van der Waals surface area (Å²) in [5.41, 5.74) is 11.9. The first-order valence-electron chi connectivity index (χ1n) is 16.9. The van der Waals surface area contributed by atoms with Gasteiger partial charge in [-0.2, -0.15) is 6.07 Å². The van der Waals surface area contributed by atoms with Crippen molar-refractivity contribution >= 4 is 55.7 Å². The van der Waals surface area contributed by atoms with E-state index in [-0.39, 0.29) is 21.1 Å². The first kappa shape index (κ1) is 30.4. The number of benzene rings is 7. The number of aromatic nitrogens is 6. The van der Waals surface area contributed by atoms with Crippen LogP contribution in [0.3, 0.4) is 0 Å². The summed E-state index contributed by atoms with van der Waals surface area (Å²) >= 11 is 0. The zero-order valence-corrected chi connectivity index (χ0v) is 29.7. The van der Waals surface area contributed by atoms with Crippen molar-refractivity contribution in [2.45, 2.75) is 0 Å². The maximum Gasteiger partial charge on any atom is 2.00 e. The van der Waals surface area contributed by atoms with Crippen LogP contribution in [0.25, 0.3) is 78.2 Å². The molecule has 0 saturated carbocycles. The number of hydrogen-bond acceptors (Lipinski definition) is 3. The van der Waals surface area contributed by atoms with Crippen molar-refractivity contribution in [2.24, 2.45) is 0 Å². The molecule has 0 aliphatic heterocycles. The van der Waals surface area contributed by atoms with Gasteiger partial charge in [-0.1, -0.05) is 90.2 Å². The molecule has 0 atom stereocenters. The Hall–Kier alpha value is -6.43. The van der Waals surface area contributed by atoms with Crippen molar-refractivity contribution < 1.29 is 25.8 Å². The van der Waals surface area contributed by atoms with Gasteiger partial charge in [-0.25, -0.2) is 9.97 Å². The zero-order valence-electron chi connectivity index (χ0n) is 27.4. The minimum atomic E-state index is 0. The van der Waals surface area contributed by atoms with Gasteiger partial charge in [-0.15, -0.1) is 42.0 Å². The molecule has 7 nitrogen and oxygen atoms in total.